The van der Waals surface area contributed by atoms with Gasteiger partial charge in [0.2, 0.25) is 5.91 Å². The zero-order valence-corrected chi connectivity index (χ0v) is 16.5. The first-order valence-corrected chi connectivity index (χ1v) is 10.7. The molecule has 0 aromatic carbocycles. The lowest BCUT2D eigenvalue weighted by Crippen LogP contribution is -3.13. The number of quaternary nitrogens is 1. The van der Waals surface area contributed by atoms with Crippen molar-refractivity contribution in [3.63, 3.8) is 0 Å². The highest BCUT2D eigenvalue weighted by Crippen LogP contribution is 2.19. The minimum atomic E-state index is -0.416. The maximum atomic E-state index is 12.0. The van der Waals surface area contributed by atoms with Crippen LogP contribution in [0.15, 0.2) is 17.8 Å². The predicted octanol–water partition coefficient (Wildman–Crippen LogP) is 0.156. The fraction of sp³-hybridized carbons (Fsp3) is 0.667. The van der Waals surface area contributed by atoms with Crippen LogP contribution < -0.4 is 15.5 Å². The van der Waals surface area contributed by atoms with Gasteiger partial charge in [0.25, 0.3) is 0 Å². The molecule has 1 aromatic rings. The summed E-state index contributed by atoms with van der Waals surface area (Å²) < 4.78 is 2.01. The van der Waals surface area contributed by atoms with Gasteiger partial charge in [0.15, 0.2) is 5.16 Å². The van der Waals surface area contributed by atoms with E-state index in [1.807, 2.05) is 10.6 Å². The lowest BCUT2D eigenvalue weighted by Gasteiger charge is -2.23. The van der Waals surface area contributed by atoms with Gasteiger partial charge < -0.3 is 14.8 Å². The van der Waals surface area contributed by atoms with Crippen molar-refractivity contribution in [2.24, 2.45) is 0 Å². The summed E-state index contributed by atoms with van der Waals surface area (Å²) in [6.07, 6.45) is 8.61. The SMILES string of the molecule is C=CCn1c(CC[NH+]2CCCCC2)nnc1SCC(=O)NC(=O)NC1CC1. The quantitative estimate of drug-likeness (QED) is 0.410. The molecule has 2 heterocycles. The summed E-state index contributed by atoms with van der Waals surface area (Å²) in [6, 6.07) is -0.188. The van der Waals surface area contributed by atoms with Crippen molar-refractivity contribution >= 4 is 23.7 Å². The molecule has 8 nitrogen and oxygen atoms in total. The maximum absolute atomic E-state index is 12.0. The lowest BCUT2D eigenvalue weighted by atomic mass is 10.1. The number of carbonyl (C=O) groups excluding carboxylic acids is 2. The van der Waals surface area contributed by atoms with Crippen LogP contribution in [0.5, 0.6) is 0 Å². The molecule has 3 amide bonds. The van der Waals surface area contributed by atoms with Crippen LogP contribution in [0.4, 0.5) is 4.79 Å². The maximum Gasteiger partial charge on any atom is 0.321 e. The van der Waals surface area contributed by atoms with Gasteiger partial charge in [-0.3, -0.25) is 10.1 Å². The van der Waals surface area contributed by atoms with Crippen LogP contribution in [0.1, 0.15) is 37.9 Å². The summed E-state index contributed by atoms with van der Waals surface area (Å²) in [5.41, 5.74) is 0. The molecule has 0 radical (unpaired) electrons. The Morgan fingerprint density at radius 1 is 1.26 bits per heavy atom. The number of thioether (sulfide) groups is 1. The first-order chi connectivity index (χ1) is 13.2. The third-order valence-electron chi connectivity index (χ3n) is 4.87. The topological polar surface area (TPSA) is 93.3 Å². The van der Waals surface area contributed by atoms with E-state index in [2.05, 4.69) is 27.4 Å². The van der Waals surface area contributed by atoms with E-state index in [1.54, 1.807) is 4.90 Å². The van der Waals surface area contributed by atoms with Crippen LogP contribution in [0.3, 0.4) is 0 Å². The van der Waals surface area contributed by atoms with Gasteiger partial charge in [-0.05, 0) is 32.1 Å². The van der Waals surface area contributed by atoms with Crippen molar-refractivity contribution in [3.8, 4) is 0 Å². The number of carbonyl (C=O) groups is 2. The van der Waals surface area contributed by atoms with Crippen molar-refractivity contribution in [1.29, 1.82) is 0 Å². The Labute approximate surface area is 164 Å². The molecule has 3 rings (SSSR count). The van der Waals surface area contributed by atoms with Crippen LogP contribution >= 0.6 is 11.8 Å². The van der Waals surface area contributed by atoms with Crippen LogP contribution in [-0.4, -0.2) is 58.1 Å². The molecular formula is C18H29N6O2S+. The average Bonchev–Trinajstić information content (AvgIpc) is 3.39. The second-order valence-electron chi connectivity index (χ2n) is 7.19. The average molecular weight is 394 g/mol. The molecule has 1 saturated carbocycles. The molecular weight excluding hydrogens is 364 g/mol. The third-order valence-corrected chi connectivity index (χ3v) is 5.83. The summed E-state index contributed by atoms with van der Waals surface area (Å²) in [5.74, 6) is 0.734. The number of aromatic nitrogens is 3. The second-order valence-corrected chi connectivity index (χ2v) is 8.14. The smallest absolute Gasteiger partial charge is 0.321 e. The van der Waals surface area contributed by atoms with E-state index in [1.165, 1.54) is 44.1 Å². The highest BCUT2D eigenvalue weighted by atomic mass is 32.2. The first-order valence-electron chi connectivity index (χ1n) is 9.75. The summed E-state index contributed by atoms with van der Waals surface area (Å²) >= 11 is 1.30. The molecule has 2 aliphatic rings. The van der Waals surface area contributed by atoms with Gasteiger partial charge in [-0.2, -0.15) is 0 Å². The Morgan fingerprint density at radius 3 is 2.74 bits per heavy atom. The number of urea groups is 1. The molecule has 0 unspecified atom stereocenters. The van der Waals surface area contributed by atoms with Crippen molar-refractivity contribution in [3.05, 3.63) is 18.5 Å². The van der Waals surface area contributed by atoms with E-state index >= 15 is 0 Å². The number of hydrogen-bond donors (Lipinski definition) is 3. The number of rotatable bonds is 9. The number of nitrogens with zero attached hydrogens (tertiary/aromatic N) is 3. The number of hydrogen-bond acceptors (Lipinski definition) is 5. The number of piperidine rings is 1. The Kier molecular flexibility index (Phi) is 7.28. The summed E-state index contributed by atoms with van der Waals surface area (Å²) in [6.45, 7) is 7.96. The molecule has 148 valence electrons. The molecule has 0 spiro atoms. The molecule has 27 heavy (non-hydrogen) atoms. The van der Waals surface area contributed by atoms with E-state index in [-0.39, 0.29) is 17.7 Å². The first kappa shape index (κ1) is 19.9. The van der Waals surface area contributed by atoms with Crippen LogP contribution in [0, 0.1) is 0 Å². The van der Waals surface area contributed by atoms with Gasteiger partial charge in [0.05, 0.1) is 31.8 Å². The molecule has 0 atom stereocenters. The molecule has 1 aromatic heterocycles. The van der Waals surface area contributed by atoms with E-state index < -0.39 is 6.03 Å². The summed E-state index contributed by atoms with van der Waals surface area (Å²) in [4.78, 5) is 25.2. The minimum absolute atomic E-state index is 0.130. The van der Waals surface area contributed by atoms with Gasteiger partial charge >= 0.3 is 6.03 Å². The number of imide groups is 1. The molecule has 3 N–H and O–H groups in total. The number of amides is 3. The van der Waals surface area contributed by atoms with Crippen molar-refractivity contribution < 1.29 is 14.5 Å². The molecule has 1 aliphatic carbocycles. The Bertz CT molecular complexity index is 667. The zero-order chi connectivity index (χ0) is 19.1. The lowest BCUT2D eigenvalue weighted by molar-refractivity contribution is -0.904. The second kappa shape index (κ2) is 9.89. The summed E-state index contributed by atoms with van der Waals surface area (Å²) in [5, 5.41) is 14.4. The minimum Gasteiger partial charge on any atom is -0.335 e. The summed E-state index contributed by atoms with van der Waals surface area (Å²) in [7, 11) is 0. The largest absolute Gasteiger partial charge is 0.335 e. The predicted molar refractivity (Wildman–Crippen MR) is 104 cm³/mol. The molecule has 9 heteroatoms. The normalized spacial score (nSPS) is 17.5. The van der Waals surface area contributed by atoms with Gasteiger partial charge in [0, 0.05) is 12.6 Å². The fourth-order valence-corrected chi connectivity index (χ4v) is 4.02. The molecule has 1 aliphatic heterocycles. The van der Waals surface area contributed by atoms with E-state index in [0.717, 1.165) is 31.6 Å². The van der Waals surface area contributed by atoms with Crippen LogP contribution in [0.2, 0.25) is 0 Å². The standard InChI is InChI=1S/C18H28N6O2S/c1-2-9-24-15(8-12-23-10-4-3-5-11-23)21-22-18(24)27-13-16(25)20-17(26)19-14-6-7-14/h2,14H,1,3-13H2,(H2,19,20,25,26)/p+1. The highest BCUT2D eigenvalue weighted by Gasteiger charge is 2.24. The number of likely N-dealkylation sites (tertiary alicyclic amines) is 1. The zero-order valence-electron chi connectivity index (χ0n) is 15.7. The van der Waals surface area contributed by atoms with E-state index in [9.17, 15) is 9.59 Å². The van der Waals surface area contributed by atoms with E-state index in [4.69, 9.17) is 0 Å². The van der Waals surface area contributed by atoms with E-state index in [0.29, 0.717) is 11.7 Å². The van der Waals surface area contributed by atoms with Crippen molar-refractivity contribution in [1.82, 2.24) is 25.4 Å². The van der Waals surface area contributed by atoms with Gasteiger partial charge in [-0.1, -0.05) is 17.8 Å². The van der Waals surface area contributed by atoms with Gasteiger partial charge in [0.1, 0.15) is 5.82 Å². The third kappa shape index (κ3) is 6.35. The Morgan fingerprint density at radius 2 is 2.04 bits per heavy atom. The van der Waals surface area contributed by atoms with Crippen LogP contribution in [0.25, 0.3) is 0 Å². The molecule has 2 fully saturated rings. The van der Waals surface area contributed by atoms with Gasteiger partial charge in [-0.15, -0.1) is 16.8 Å². The molecule has 0 bridgehead atoms. The molecule has 1 saturated heterocycles. The Balaban J connectivity index is 1.49. The Hall–Kier alpha value is -1.87. The van der Waals surface area contributed by atoms with Crippen LogP contribution in [-0.2, 0) is 17.8 Å². The van der Waals surface area contributed by atoms with Crippen molar-refractivity contribution in [2.45, 2.75) is 56.3 Å². The fourth-order valence-electron chi connectivity index (χ4n) is 3.26. The number of nitrogens with one attached hydrogen (secondary N) is 3. The monoisotopic (exact) mass is 393 g/mol. The van der Waals surface area contributed by atoms with Gasteiger partial charge in [-0.25, -0.2) is 4.79 Å². The highest BCUT2D eigenvalue weighted by molar-refractivity contribution is 7.99. The van der Waals surface area contributed by atoms with Crippen molar-refractivity contribution in [2.75, 3.05) is 25.4 Å². The number of allylic oxidation sites excluding steroid dienone is 1.